The molecule has 0 aromatic heterocycles. The number of benzene rings is 1. The van der Waals surface area contributed by atoms with Crippen molar-refractivity contribution in [3.05, 3.63) is 18.2 Å². The number of hydrogen-bond acceptors (Lipinski definition) is 3. The average molecular weight is 262 g/mol. The Hall–Kier alpha value is -1.71. The molecule has 0 saturated carbocycles. The monoisotopic (exact) mass is 262 g/mol. The molecule has 0 spiro atoms. The van der Waals surface area contributed by atoms with Crippen LogP contribution in [-0.2, 0) is 4.79 Å². The zero-order chi connectivity index (χ0) is 14.0. The van der Waals surface area contributed by atoms with Crippen molar-refractivity contribution in [3.63, 3.8) is 0 Å². The third-order valence-corrected chi connectivity index (χ3v) is 3.13. The lowest BCUT2D eigenvalue weighted by Gasteiger charge is -2.41. The lowest BCUT2D eigenvalue weighted by atomic mass is 10.0. The van der Waals surface area contributed by atoms with Gasteiger partial charge in [-0.15, -0.1) is 0 Å². The van der Waals surface area contributed by atoms with Crippen LogP contribution in [0.1, 0.15) is 34.1 Å². The first-order valence-corrected chi connectivity index (χ1v) is 6.77. The third kappa shape index (κ3) is 2.83. The van der Waals surface area contributed by atoms with E-state index in [-0.39, 0.29) is 11.4 Å². The van der Waals surface area contributed by atoms with Gasteiger partial charge in [0, 0.05) is 5.54 Å². The van der Waals surface area contributed by atoms with Crippen LogP contribution >= 0.6 is 0 Å². The lowest BCUT2D eigenvalue weighted by Crippen LogP contribution is -2.49. The summed E-state index contributed by atoms with van der Waals surface area (Å²) in [5, 5.41) is 2.93. The van der Waals surface area contributed by atoms with Crippen molar-refractivity contribution in [2.24, 2.45) is 0 Å². The van der Waals surface area contributed by atoms with Crippen LogP contribution in [0.15, 0.2) is 18.2 Å². The predicted octanol–water partition coefficient (Wildman–Crippen LogP) is 3.03. The Morgan fingerprint density at radius 1 is 1.37 bits per heavy atom. The van der Waals surface area contributed by atoms with E-state index in [1.807, 2.05) is 18.2 Å². The van der Waals surface area contributed by atoms with Crippen molar-refractivity contribution in [2.75, 3.05) is 23.4 Å². The molecule has 1 aliphatic rings. The summed E-state index contributed by atoms with van der Waals surface area (Å²) in [5.41, 5.74) is 1.72. The fourth-order valence-corrected chi connectivity index (χ4v) is 2.21. The molecule has 1 aromatic carbocycles. The normalized spacial score (nSPS) is 14.9. The van der Waals surface area contributed by atoms with Crippen LogP contribution in [0, 0.1) is 0 Å². The molecule has 1 N–H and O–H groups in total. The number of carbonyl (C=O) groups is 1. The van der Waals surface area contributed by atoms with Crippen LogP contribution in [0.25, 0.3) is 0 Å². The second-order valence-corrected chi connectivity index (χ2v) is 5.80. The summed E-state index contributed by atoms with van der Waals surface area (Å²) in [6, 6.07) is 5.90. The Kier molecular flexibility index (Phi) is 3.69. The van der Waals surface area contributed by atoms with Gasteiger partial charge in [0.05, 0.1) is 18.8 Å². The maximum Gasteiger partial charge on any atom is 0.244 e. The van der Waals surface area contributed by atoms with Crippen LogP contribution in [0.5, 0.6) is 5.75 Å². The molecule has 4 nitrogen and oxygen atoms in total. The van der Waals surface area contributed by atoms with Crippen molar-refractivity contribution in [1.82, 2.24) is 0 Å². The smallest absolute Gasteiger partial charge is 0.244 e. The van der Waals surface area contributed by atoms with Crippen molar-refractivity contribution < 1.29 is 9.53 Å². The Labute approximate surface area is 114 Å². The third-order valence-electron chi connectivity index (χ3n) is 3.13. The van der Waals surface area contributed by atoms with Gasteiger partial charge in [0.15, 0.2) is 0 Å². The van der Waals surface area contributed by atoms with Gasteiger partial charge in [0.25, 0.3) is 0 Å². The van der Waals surface area contributed by atoms with Crippen molar-refractivity contribution in [3.8, 4) is 5.75 Å². The van der Waals surface area contributed by atoms with Gasteiger partial charge in [0.1, 0.15) is 11.4 Å². The molecule has 0 radical (unpaired) electrons. The van der Waals surface area contributed by atoms with E-state index < -0.39 is 0 Å². The van der Waals surface area contributed by atoms with Gasteiger partial charge >= 0.3 is 0 Å². The molecule has 1 aromatic rings. The molecule has 0 saturated heterocycles. The molecule has 0 unspecified atom stereocenters. The summed E-state index contributed by atoms with van der Waals surface area (Å²) in [6.45, 7) is 9.42. The topological polar surface area (TPSA) is 41.6 Å². The van der Waals surface area contributed by atoms with E-state index in [4.69, 9.17) is 4.74 Å². The number of rotatable bonds is 3. The summed E-state index contributed by atoms with van der Waals surface area (Å²) in [7, 11) is 0. The molecule has 0 bridgehead atoms. The van der Waals surface area contributed by atoms with E-state index in [2.05, 4.69) is 37.9 Å². The SMILES string of the molecule is CCCOc1cccc2c1NC(=O)CN2C(C)(C)C. The Morgan fingerprint density at radius 2 is 2.11 bits per heavy atom. The number of fused-ring (bicyclic) bond motifs is 1. The maximum absolute atomic E-state index is 11.9. The highest BCUT2D eigenvalue weighted by molar-refractivity contribution is 6.03. The average Bonchev–Trinajstić information content (AvgIpc) is 2.34. The minimum atomic E-state index is -0.101. The summed E-state index contributed by atoms with van der Waals surface area (Å²) in [5.74, 6) is 0.761. The number of carbonyl (C=O) groups excluding carboxylic acids is 1. The summed E-state index contributed by atoms with van der Waals surface area (Å²) < 4.78 is 5.72. The zero-order valence-electron chi connectivity index (χ0n) is 12.1. The number of anilines is 2. The summed E-state index contributed by atoms with van der Waals surface area (Å²) >= 11 is 0. The van der Waals surface area contributed by atoms with Crippen LogP contribution in [-0.4, -0.2) is 24.6 Å². The highest BCUT2D eigenvalue weighted by Gasteiger charge is 2.31. The Bertz CT molecular complexity index is 478. The van der Waals surface area contributed by atoms with Gasteiger partial charge in [-0.2, -0.15) is 0 Å². The fourth-order valence-electron chi connectivity index (χ4n) is 2.21. The summed E-state index contributed by atoms with van der Waals surface area (Å²) in [6.07, 6.45) is 0.945. The predicted molar refractivity (Wildman–Crippen MR) is 78.0 cm³/mol. The maximum atomic E-state index is 11.9. The summed E-state index contributed by atoms with van der Waals surface area (Å²) in [4.78, 5) is 14.0. The number of nitrogens with zero attached hydrogens (tertiary/aromatic N) is 1. The van der Waals surface area contributed by atoms with Gasteiger partial charge in [-0.25, -0.2) is 0 Å². The molecule has 0 atom stereocenters. The Morgan fingerprint density at radius 3 is 2.74 bits per heavy atom. The van der Waals surface area contributed by atoms with Gasteiger partial charge in [0.2, 0.25) is 5.91 Å². The molecule has 0 fully saturated rings. The van der Waals surface area contributed by atoms with Gasteiger partial charge in [-0.05, 0) is 39.3 Å². The first kappa shape index (κ1) is 13.7. The van der Waals surface area contributed by atoms with E-state index in [9.17, 15) is 4.79 Å². The van der Waals surface area contributed by atoms with Crippen LogP contribution in [0.4, 0.5) is 11.4 Å². The van der Waals surface area contributed by atoms with E-state index in [0.29, 0.717) is 13.2 Å². The second kappa shape index (κ2) is 5.11. The minimum Gasteiger partial charge on any atom is -0.491 e. The molecule has 1 aliphatic heterocycles. The van der Waals surface area contributed by atoms with E-state index >= 15 is 0 Å². The van der Waals surface area contributed by atoms with Crippen molar-refractivity contribution in [2.45, 2.75) is 39.7 Å². The second-order valence-electron chi connectivity index (χ2n) is 5.80. The zero-order valence-corrected chi connectivity index (χ0v) is 12.1. The standard InChI is InChI=1S/C15H22N2O2/c1-5-9-19-12-8-6-7-11-14(12)16-13(18)10-17(11)15(2,3)4/h6-8H,5,9-10H2,1-4H3,(H,16,18). The fraction of sp³-hybridized carbons (Fsp3) is 0.533. The first-order chi connectivity index (χ1) is 8.93. The van der Waals surface area contributed by atoms with Crippen LogP contribution < -0.4 is 15.0 Å². The quantitative estimate of drug-likeness (QED) is 0.910. The highest BCUT2D eigenvalue weighted by atomic mass is 16.5. The number of hydrogen-bond donors (Lipinski definition) is 1. The van der Waals surface area contributed by atoms with Crippen LogP contribution in [0.2, 0.25) is 0 Å². The highest BCUT2D eigenvalue weighted by Crippen LogP contribution is 2.40. The molecular formula is C15H22N2O2. The number of para-hydroxylation sites is 1. The number of ether oxygens (including phenoxy) is 1. The first-order valence-electron chi connectivity index (χ1n) is 6.77. The lowest BCUT2D eigenvalue weighted by molar-refractivity contribution is -0.115. The van der Waals surface area contributed by atoms with E-state index in [1.165, 1.54) is 0 Å². The molecule has 19 heavy (non-hydrogen) atoms. The van der Waals surface area contributed by atoms with Gasteiger partial charge < -0.3 is 15.0 Å². The van der Waals surface area contributed by atoms with Gasteiger partial charge in [-0.3, -0.25) is 4.79 Å². The van der Waals surface area contributed by atoms with Gasteiger partial charge in [-0.1, -0.05) is 13.0 Å². The number of amides is 1. The molecule has 1 amide bonds. The molecule has 2 rings (SSSR count). The largest absolute Gasteiger partial charge is 0.491 e. The van der Waals surface area contributed by atoms with Crippen LogP contribution in [0.3, 0.4) is 0 Å². The molecule has 4 heteroatoms. The van der Waals surface area contributed by atoms with E-state index in [0.717, 1.165) is 23.5 Å². The molecular weight excluding hydrogens is 240 g/mol. The molecule has 104 valence electrons. The molecule has 1 heterocycles. The van der Waals surface area contributed by atoms with Crippen molar-refractivity contribution >= 4 is 17.3 Å². The Balaban J connectivity index is 2.42. The number of nitrogens with one attached hydrogen (secondary N) is 1. The van der Waals surface area contributed by atoms with E-state index in [1.54, 1.807) is 0 Å². The van der Waals surface area contributed by atoms with Crippen molar-refractivity contribution in [1.29, 1.82) is 0 Å². The molecule has 0 aliphatic carbocycles. The minimum absolute atomic E-state index is 0.00923.